The molecule has 30 heavy (non-hydrogen) atoms. The normalized spacial score (nSPS) is 16.0. The number of methoxy groups -OCH3 is 2. The van der Waals surface area contributed by atoms with E-state index in [1.165, 1.54) is 7.11 Å². The van der Waals surface area contributed by atoms with Gasteiger partial charge in [-0.15, -0.1) is 6.58 Å². The summed E-state index contributed by atoms with van der Waals surface area (Å²) in [6.07, 6.45) is 8.33. The third kappa shape index (κ3) is 6.34. The highest BCUT2D eigenvalue weighted by atomic mass is 16.7. The zero-order valence-electron chi connectivity index (χ0n) is 18.4. The molecule has 1 saturated heterocycles. The van der Waals surface area contributed by atoms with Crippen molar-refractivity contribution < 1.29 is 28.5 Å². The van der Waals surface area contributed by atoms with Gasteiger partial charge in [0.2, 0.25) is 0 Å². The maximum atomic E-state index is 12.8. The van der Waals surface area contributed by atoms with Crippen molar-refractivity contribution in [2.75, 3.05) is 27.4 Å². The molecule has 1 aliphatic rings. The molecule has 1 atom stereocenters. The van der Waals surface area contributed by atoms with E-state index in [1.54, 1.807) is 25.3 Å². The standard InChI is InChI=1S/C24H34O6/c1-6-8-9-12-24(28-14-15-29-24)13-10-11-18(3)30-23(25)22-19(7-2)16-20(26-4)17-21(22)27-5/h6-7,16-18H,1-2,8-15H2,3-5H3/t18-/m0/s1. The van der Waals surface area contributed by atoms with Gasteiger partial charge >= 0.3 is 5.97 Å². The van der Waals surface area contributed by atoms with Gasteiger partial charge in [-0.05, 0) is 44.2 Å². The van der Waals surface area contributed by atoms with Crippen LogP contribution in [0.25, 0.3) is 6.08 Å². The molecule has 6 nitrogen and oxygen atoms in total. The molecule has 0 aliphatic carbocycles. The number of rotatable bonds is 13. The zero-order valence-corrected chi connectivity index (χ0v) is 18.4. The van der Waals surface area contributed by atoms with Crippen LogP contribution in [0.4, 0.5) is 0 Å². The summed E-state index contributed by atoms with van der Waals surface area (Å²) < 4.78 is 28.1. The van der Waals surface area contributed by atoms with Crippen molar-refractivity contribution in [2.24, 2.45) is 0 Å². The Morgan fingerprint density at radius 3 is 2.47 bits per heavy atom. The Labute approximate surface area is 179 Å². The Hall–Kier alpha value is -2.31. The third-order valence-electron chi connectivity index (χ3n) is 5.24. The molecule has 1 heterocycles. The fourth-order valence-corrected chi connectivity index (χ4v) is 3.65. The fourth-order valence-electron chi connectivity index (χ4n) is 3.65. The minimum absolute atomic E-state index is 0.256. The molecule has 0 unspecified atom stereocenters. The van der Waals surface area contributed by atoms with Gasteiger partial charge in [0, 0.05) is 18.9 Å². The molecule has 0 bridgehead atoms. The second-order valence-corrected chi connectivity index (χ2v) is 7.39. The number of allylic oxidation sites excluding steroid dienone is 1. The van der Waals surface area contributed by atoms with Gasteiger partial charge in [0.1, 0.15) is 17.1 Å². The lowest BCUT2D eigenvalue weighted by molar-refractivity contribution is -0.168. The molecule has 1 aromatic rings. The molecule has 0 spiro atoms. The summed E-state index contributed by atoms with van der Waals surface area (Å²) in [4.78, 5) is 12.8. The maximum Gasteiger partial charge on any atom is 0.342 e. The van der Waals surface area contributed by atoms with E-state index in [9.17, 15) is 4.79 Å². The van der Waals surface area contributed by atoms with Gasteiger partial charge in [-0.3, -0.25) is 0 Å². The van der Waals surface area contributed by atoms with Crippen LogP contribution < -0.4 is 9.47 Å². The molecule has 1 aliphatic heterocycles. The molecular formula is C24H34O6. The first-order valence-corrected chi connectivity index (χ1v) is 10.5. The van der Waals surface area contributed by atoms with Crippen LogP contribution in [0.15, 0.2) is 31.4 Å². The number of hydrogen-bond acceptors (Lipinski definition) is 6. The quantitative estimate of drug-likeness (QED) is 0.250. The van der Waals surface area contributed by atoms with Crippen LogP contribution in [0.3, 0.4) is 0 Å². The van der Waals surface area contributed by atoms with Crippen LogP contribution in [0, 0.1) is 0 Å². The summed E-state index contributed by atoms with van der Waals surface area (Å²) >= 11 is 0. The fraction of sp³-hybridized carbons (Fsp3) is 0.542. The lowest BCUT2D eigenvalue weighted by Crippen LogP contribution is -2.30. The molecule has 2 rings (SSSR count). The summed E-state index contributed by atoms with van der Waals surface area (Å²) in [5.74, 6) is 0.0353. The Morgan fingerprint density at radius 1 is 1.17 bits per heavy atom. The van der Waals surface area contributed by atoms with Crippen LogP contribution in [0.5, 0.6) is 11.5 Å². The van der Waals surface area contributed by atoms with Crippen molar-refractivity contribution in [2.45, 2.75) is 57.3 Å². The number of benzene rings is 1. The molecule has 0 saturated carbocycles. The third-order valence-corrected chi connectivity index (χ3v) is 5.24. The Balaban J connectivity index is 1.94. The summed E-state index contributed by atoms with van der Waals surface area (Å²) in [6, 6.07) is 3.40. The molecule has 6 heteroatoms. The average Bonchev–Trinajstić information content (AvgIpc) is 3.21. The van der Waals surface area contributed by atoms with Gasteiger partial charge in [-0.25, -0.2) is 4.79 Å². The first-order chi connectivity index (χ1) is 14.5. The Morgan fingerprint density at radius 2 is 1.87 bits per heavy atom. The van der Waals surface area contributed by atoms with Crippen LogP contribution in [0.1, 0.15) is 61.4 Å². The second kappa shape index (κ2) is 11.8. The van der Waals surface area contributed by atoms with Crippen molar-refractivity contribution in [3.05, 3.63) is 42.5 Å². The minimum Gasteiger partial charge on any atom is -0.497 e. The SMILES string of the molecule is C=CCCCC1(CCC[C@H](C)OC(=O)c2c(C=C)cc(OC)cc2OC)OCCO1. The topological polar surface area (TPSA) is 63.2 Å². The monoisotopic (exact) mass is 418 g/mol. The van der Waals surface area contributed by atoms with E-state index in [1.807, 2.05) is 13.0 Å². The van der Waals surface area contributed by atoms with Gasteiger partial charge in [0.25, 0.3) is 0 Å². The van der Waals surface area contributed by atoms with Crippen molar-refractivity contribution in [1.29, 1.82) is 0 Å². The molecular weight excluding hydrogens is 384 g/mol. The predicted octanol–water partition coefficient (Wildman–Crippen LogP) is 5.16. The maximum absolute atomic E-state index is 12.8. The highest BCUT2D eigenvalue weighted by Gasteiger charge is 2.35. The largest absolute Gasteiger partial charge is 0.497 e. The van der Waals surface area contributed by atoms with E-state index >= 15 is 0 Å². The molecule has 166 valence electrons. The number of ether oxygens (including phenoxy) is 5. The highest BCUT2D eigenvalue weighted by molar-refractivity contribution is 5.97. The molecule has 0 amide bonds. The number of hydrogen-bond donors (Lipinski definition) is 0. The smallest absolute Gasteiger partial charge is 0.342 e. The Bertz CT molecular complexity index is 721. The molecule has 0 aromatic heterocycles. The lowest BCUT2D eigenvalue weighted by atomic mass is 10.0. The van der Waals surface area contributed by atoms with Crippen molar-refractivity contribution in [3.8, 4) is 11.5 Å². The van der Waals surface area contributed by atoms with Crippen molar-refractivity contribution >= 4 is 12.0 Å². The number of carbonyl (C=O) groups is 1. The first kappa shape index (κ1) is 24.0. The molecule has 0 N–H and O–H groups in total. The van der Waals surface area contributed by atoms with E-state index in [0.29, 0.717) is 42.3 Å². The van der Waals surface area contributed by atoms with Gasteiger partial charge in [-0.2, -0.15) is 0 Å². The van der Waals surface area contributed by atoms with Gasteiger partial charge in [0.05, 0.1) is 33.5 Å². The lowest BCUT2D eigenvalue weighted by Gasteiger charge is -2.28. The van der Waals surface area contributed by atoms with Crippen molar-refractivity contribution in [3.63, 3.8) is 0 Å². The van der Waals surface area contributed by atoms with Crippen LogP contribution >= 0.6 is 0 Å². The predicted molar refractivity (Wildman–Crippen MR) is 117 cm³/mol. The van der Waals surface area contributed by atoms with Gasteiger partial charge in [-0.1, -0.05) is 18.7 Å². The summed E-state index contributed by atoms with van der Waals surface area (Å²) in [5.41, 5.74) is 0.959. The Kier molecular flexibility index (Phi) is 9.40. The van der Waals surface area contributed by atoms with Crippen LogP contribution in [-0.4, -0.2) is 45.3 Å². The van der Waals surface area contributed by atoms with E-state index in [-0.39, 0.29) is 6.10 Å². The minimum atomic E-state index is -0.512. The van der Waals surface area contributed by atoms with E-state index in [0.717, 1.165) is 32.1 Å². The van der Waals surface area contributed by atoms with E-state index < -0.39 is 11.8 Å². The van der Waals surface area contributed by atoms with Crippen molar-refractivity contribution in [1.82, 2.24) is 0 Å². The van der Waals surface area contributed by atoms with Gasteiger partial charge < -0.3 is 23.7 Å². The number of unbranched alkanes of at least 4 members (excludes halogenated alkanes) is 1. The van der Waals surface area contributed by atoms with Crippen LogP contribution in [-0.2, 0) is 14.2 Å². The summed E-state index contributed by atoms with van der Waals surface area (Å²) in [7, 11) is 3.07. The van der Waals surface area contributed by atoms with Gasteiger partial charge in [0.15, 0.2) is 5.79 Å². The zero-order chi connectivity index (χ0) is 22.0. The molecule has 1 aromatic carbocycles. The molecule has 0 radical (unpaired) electrons. The van der Waals surface area contributed by atoms with E-state index in [4.69, 9.17) is 23.7 Å². The van der Waals surface area contributed by atoms with E-state index in [2.05, 4.69) is 13.2 Å². The highest BCUT2D eigenvalue weighted by Crippen LogP contribution is 2.33. The first-order valence-electron chi connectivity index (χ1n) is 10.5. The number of carbonyl (C=O) groups excluding carboxylic acids is 1. The van der Waals surface area contributed by atoms with Crippen LogP contribution in [0.2, 0.25) is 0 Å². The number of esters is 1. The second-order valence-electron chi connectivity index (χ2n) is 7.39. The summed E-state index contributed by atoms with van der Waals surface area (Å²) in [6.45, 7) is 10.7. The summed E-state index contributed by atoms with van der Waals surface area (Å²) in [5, 5.41) is 0. The molecule has 1 fully saturated rings. The average molecular weight is 419 g/mol.